The molecule has 1 unspecified atom stereocenters. The van der Waals surface area contributed by atoms with Crippen molar-refractivity contribution in [2.24, 2.45) is 5.84 Å². The highest BCUT2D eigenvalue weighted by Crippen LogP contribution is 2.08. The molecule has 1 rings (SSSR count). The molecule has 4 nitrogen and oxygen atoms in total. The van der Waals surface area contributed by atoms with Crippen LogP contribution in [-0.4, -0.2) is 24.2 Å². The summed E-state index contributed by atoms with van der Waals surface area (Å²) in [5.41, 5.74) is 2.80. The van der Waals surface area contributed by atoms with Crippen LogP contribution in [0.1, 0.15) is 24.8 Å². The lowest BCUT2D eigenvalue weighted by atomic mass is 10.1. The van der Waals surface area contributed by atoms with Crippen LogP contribution in [-0.2, 0) is 11.2 Å². The first-order valence-corrected chi connectivity index (χ1v) is 6.17. The first kappa shape index (κ1) is 12.6. The molecule has 0 saturated carbocycles. The lowest BCUT2D eigenvalue weighted by Gasteiger charge is -2.14. The van der Waals surface area contributed by atoms with Gasteiger partial charge in [-0.2, -0.15) is 0 Å². The minimum atomic E-state index is 0.257. The number of rotatable bonds is 8. The summed E-state index contributed by atoms with van der Waals surface area (Å²) in [4.78, 5) is 4.23. The van der Waals surface area contributed by atoms with E-state index in [0.717, 1.165) is 37.5 Å². The van der Waals surface area contributed by atoms with Crippen LogP contribution in [0.4, 0.5) is 0 Å². The van der Waals surface area contributed by atoms with E-state index in [1.165, 1.54) is 0 Å². The third-order valence-electron chi connectivity index (χ3n) is 2.10. The molecule has 5 heteroatoms. The van der Waals surface area contributed by atoms with Crippen molar-refractivity contribution in [3.8, 4) is 0 Å². The Hall–Kier alpha value is -0.490. The van der Waals surface area contributed by atoms with Crippen LogP contribution in [0.15, 0.2) is 11.6 Å². The number of ether oxygens (including phenoxy) is 1. The molecule has 0 aliphatic carbocycles. The van der Waals surface area contributed by atoms with Crippen LogP contribution in [0.3, 0.4) is 0 Å². The van der Waals surface area contributed by atoms with Gasteiger partial charge in [-0.3, -0.25) is 11.3 Å². The fourth-order valence-corrected chi connectivity index (χ4v) is 1.98. The van der Waals surface area contributed by atoms with E-state index in [9.17, 15) is 0 Å². The van der Waals surface area contributed by atoms with Gasteiger partial charge in [0.15, 0.2) is 0 Å². The highest BCUT2D eigenvalue weighted by Gasteiger charge is 2.08. The van der Waals surface area contributed by atoms with Gasteiger partial charge in [-0.1, -0.05) is 6.92 Å². The van der Waals surface area contributed by atoms with Gasteiger partial charge in [0.25, 0.3) is 0 Å². The van der Waals surface area contributed by atoms with Gasteiger partial charge in [0, 0.05) is 37.3 Å². The van der Waals surface area contributed by atoms with Gasteiger partial charge in [-0.05, 0) is 12.8 Å². The highest BCUT2D eigenvalue weighted by molar-refractivity contribution is 7.09. The Bertz CT molecular complexity index is 241. The molecular weight excluding hydrogens is 210 g/mol. The molecule has 0 saturated heterocycles. The standard InChI is InChI=1S/C10H19N3OS/c1-2-5-14-6-3-9(13-11)8-10-12-4-7-15-10/h4,7,9,13H,2-3,5-6,8,11H2,1H3. The summed E-state index contributed by atoms with van der Waals surface area (Å²) in [6.45, 7) is 3.69. The van der Waals surface area contributed by atoms with Gasteiger partial charge in [0.1, 0.15) is 0 Å². The van der Waals surface area contributed by atoms with Crippen molar-refractivity contribution in [2.75, 3.05) is 13.2 Å². The van der Waals surface area contributed by atoms with E-state index in [-0.39, 0.29) is 6.04 Å². The van der Waals surface area contributed by atoms with Crippen LogP contribution in [0.5, 0.6) is 0 Å². The van der Waals surface area contributed by atoms with Crippen LogP contribution in [0.2, 0.25) is 0 Å². The van der Waals surface area contributed by atoms with Crippen molar-refractivity contribution in [2.45, 2.75) is 32.2 Å². The normalized spacial score (nSPS) is 12.9. The number of thiazole rings is 1. The molecule has 0 fully saturated rings. The largest absolute Gasteiger partial charge is 0.381 e. The molecule has 0 spiro atoms. The molecule has 0 aliphatic heterocycles. The fraction of sp³-hybridized carbons (Fsp3) is 0.700. The third kappa shape index (κ3) is 5.22. The third-order valence-corrected chi connectivity index (χ3v) is 2.90. The molecule has 86 valence electrons. The second kappa shape index (κ2) is 7.76. The number of nitrogens with zero attached hydrogens (tertiary/aromatic N) is 1. The van der Waals surface area contributed by atoms with E-state index < -0.39 is 0 Å². The van der Waals surface area contributed by atoms with Gasteiger partial charge in [0.05, 0.1) is 5.01 Å². The maximum absolute atomic E-state index is 5.48. The molecule has 15 heavy (non-hydrogen) atoms. The van der Waals surface area contributed by atoms with Gasteiger partial charge >= 0.3 is 0 Å². The number of hydrazine groups is 1. The van der Waals surface area contributed by atoms with Crippen molar-refractivity contribution < 1.29 is 4.74 Å². The number of nitrogens with one attached hydrogen (secondary N) is 1. The monoisotopic (exact) mass is 229 g/mol. The Morgan fingerprint density at radius 1 is 1.60 bits per heavy atom. The van der Waals surface area contributed by atoms with E-state index in [1.807, 2.05) is 11.6 Å². The highest BCUT2D eigenvalue weighted by atomic mass is 32.1. The predicted octanol–water partition coefficient (Wildman–Crippen LogP) is 1.33. The lowest BCUT2D eigenvalue weighted by Crippen LogP contribution is -2.37. The van der Waals surface area contributed by atoms with Crippen molar-refractivity contribution >= 4 is 11.3 Å². The lowest BCUT2D eigenvalue weighted by molar-refractivity contribution is 0.124. The van der Waals surface area contributed by atoms with E-state index in [0.29, 0.717) is 0 Å². The molecule has 0 amide bonds. The maximum atomic E-state index is 5.48. The Morgan fingerprint density at radius 2 is 2.47 bits per heavy atom. The Morgan fingerprint density at radius 3 is 3.07 bits per heavy atom. The summed E-state index contributed by atoms with van der Waals surface area (Å²) in [6, 6.07) is 0.257. The van der Waals surface area contributed by atoms with Crippen molar-refractivity contribution in [3.63, 3.8) is 0 Å². The maximum Gasteiger partial charge on any atom is 0.0940 e. The molecular formula is C10H19N3OS. The summed E-state index contributed by atoms with van der Waals surface area (Å²) in [5, 5.41) is 3.10. The van der Waals surface area contributed by atoms with Crippen LogP contribution in [0, 0.1) is 0 Å². The number of hydrogen-bond donors (Lipinski definition) is 2. The molecule has 0 aromatic carbocycles. The average molecular weight is 229 g/mol. The Balaban J connectivity index is 2.18. The summed E-state index contributed by atoms with van der Waals surface area (Å²) < 4.78 is 5.42. The first-order chi connectivity index (χ1) is 7.36. The van der Waals surface area contributed by atoms with Gasteiger partial charge in [-0.15, -0.1) is 11.3 Å². The smallest absolute Gasteiger partial charge is 0.0940 e. The minimum Gasteiger partial charge on any atom is -0.381 e. The molecule has 1 heterocycles. The van der Waals surface area contributed by atoms with Gasteiger partial charge < -0.3 is 4.74 Å². The molecule has 0 radical (unpaired) electrons. The SMILES string of the molecule is CCCOCCC(Cc1nccs1)NN. The quantitative estimate of drug-likeness (QED) is 0.401. The van der Waals surface area contributed by atoms with Crippen LogP contribution in [0.25, 0.3) is 0 Å². The van der Waals surface area contributed by atoms with Gasteiger partial charge in [-0.25, -0.2) is 4.98 Å². The zero-order chi connectivity index (χ0) is 10.9. The number of hydrogen-bond acceptors (Lipinski definition) is 5. The molecule has 0 bridgehead atoms. The second-order valence-electron chi connectivity index (χ2n) is 3.39. The van der Waals surface area contributed by atoms with E-state index >= 15 is 0 Å². The summed E-state index contributed by atoms with van der Waals surface area (Å²) in [7, 11) is 0. The van der Waals surface area contributed by atoms with Crippen LogP contribution >= 0.6 is 11.3 Å². The minimum absolute atomic E-state index is 0.257. The zero-order valence-electron chi connectivity index (χ0n) is 9.11. The van der Waals surface area contributed by atoms with Crippen LogP contribution < -0.4 is 11.3 Å². The van der Waals surface area contributed by atoms with Crippen molar-refractivity contribution in [1.29, 1.82) is 0 Å². The van der Waals surface area contributed by atoms with Crippen molar-refractivity contribution in [3.05, 3.63) is 16.6 Å². The summed E-state index contributed by atoms with van der Waals surface area (Å²) in [5.74, 6) is 5.48. The topological polar surface area (TPSA) is 60.2 Å². The van der Waals surface area contributed by atoms with E-state index in [2.05, 4.69) is 17.3 Å². The molecule has 3 N–H and O–H groups in total. The fourth-order valence-electron chi connectivity index (χ4n) is 1.28. The molecule has 0 aliphatic rings. The molecule has 1 aromatic rings. The summed E-state index contributed by atoms with van der Waals surface area (Å²) >= 11 is 1.66. The Kier molecular flexibility index (Phi) is 6.50. The first-order valence-electron chi connectivity index (χ1n) is 5.29. The number of nitrogens with two attached hydrogens (primary N) is 1. The van der Waals surface area contributed by atoms with E-state index in [4.69, 9.17) is 10.6 Å². The Labute approximate surface area is 94.8 Å². The van der Waals surface area contributed by atoms with E-state index in [1.54, 1.807) is 11.3 Å². The predicted molar refractivity (Wildman–Crippen MR) is 62.7 cm³/mol. The molecule has 1 atom stereocenters. The van der Waals surface area contributed by atoms with Gasteiger partial charge in [0.2, 0.25) is 0 Å². The van der Waals surface area contributed by atoms with Crippen molar-refractivity contribution in [1.82, 2.24) is 10.4 Å². The molecule has 1 aromatic heterocycles. The number of aromatic nitrogens is 1. The summed E-state index contributed by atoms with van der Waals surface area (Å²) in [6.07, 6.45) is 4.69. The zero-order valence-corrected chi connectivity index (χ0v) is 9.93. The second-order valence-corrected chi connectivity index (χ2v) is 4.37. The average Bonchev–Trinajstić information content (AvgIpc) is 2.75.